The molecule has 6 rings (SSSR count). The third-order valence-electron chi connectivity index (χ3n) is 7.03. The topological polar surface area (TPSA) is 134 Å². The molecule has 0 aliphatic rings. The first-order valence-corrected chi connectivity index (χ1v) is 17.8. The number of fused-ring (bicyclic) bond motifs is 2. The molecule has 3 N–H and O–H groups in total. The number of furan rings is 2. The molecule has 18 heteroatoms. The monoisotopic (exact) mass is 951 g/mol. The van der Waals surface area contributed by atoms with Gasteiger partial charge in [-0.25, -0.2) is 9.59 Å². The Hall–Kier alpha value is -4.68. The van der Waals surface area contributed by atoms with Gasteiger partial charge in [0.2, 0.25) is 11.5 Å². The molecule has 0 radical (unpaired) electrons. The van der Waals surface area contributed by atoms with Crippen LogP contribution in [0.3, 0.4) is 0 Å². The predicted octanol–water partition coefficient (Wildman–Crippen LogP) is 11.6. The van der Waals surface area contributed by atoms with Crippen molar-refractivity contribution in [2.45, 2.75) is 30.9 Å². The SMILES string of the molecule is COC(=O)c1cc2ccc(CBr)cc2o1.Nc1ccc(OC(F)(F)F)c(Br)c1.O=C(O)c1cc2ccc(CCc3ccc(OC(F)(F)F)c(Br)c3)cc2o1. The minimum Gasteiger partial charge on any atom is -0.475 e. The second kappa shape index (κ2) is 18.1. The van der Waals surface area contributed by atoms with Gasteiger partial charge >= 0.3 is 24.7 Å². The molecule has 0 saturated heterocycles. The molecule has 0 aliphatic carbocycles. The van der Waals surface area contributed by atoms with Gasteiger partial charge in [0.25, 0.3) is 0 Å². The second-order valence-corrected chi connectivity index (χ2v) is 13.2. The van der Waals surface area contributed by atoms with E-state index in [1.165, 1.54) is 31.4 Å². The quantitative estimate of drug-likeness (QED) is 0.0662. The molecule has 2 aromatic heterocycles. The van der Waals surface area contributed by atoms with E-state index >= 15 is 0 Å². The minimum absolute atomic E-state index is 0.124. The number of carboxylic acids is 1. The Morgan fingerprint density at radius 1 is 0.685 bits per heavy atom. The summed E-state index contributed by atoms with van der Waals surface area (Å²) in [6.07, 6.45) is -8.22. The standard InChI is InChI=1S/C18H12BrF3O4.C11H9BrO3.C7H5BrF3NO/c19-13-7-10(4-6-14(13)26-18(20,21)22)1-2-11-3-5-12-9-16(17(23)24)25-15(12)8-11;1-14-11(13)10-5-8-3-2-7(6-12)4-9(8)15-10;8-5-3-4(12)1-2-6(5)13-7(9,10)11/h3-9H,1-2H2,(H,23,24);2-5H,6H2,1H3;1-3H,12H2. The van der Waals surface area contributed by atoms with Gasteiger partial charge in [0.15, 0.2) is 0 Å². The molecule has 286 valence electrons. The summed E-state index contributed by atoms with van der Waals surface area (Å²) in [6.45, 7) is 0. The number of alkyl halides is 7. The number of anilines is 1. The number of rotatable bonds is 8. The van der Waals surface area contributed by atoms with Crippen LogP contribution < -0.4 is 15.2 Å². The van der Waals surface area contributed by atoms with Crippen molar-refractivity contribution in [1.82, 2.24) is 0 Å². The summed E-state index contributed by atoms with van der Waals surface area (Å²) in [6, 6.07) is 22.5. The van der Waals surface area contributed by atoms with Crippen LogP contribution in [0.5, 0.6) is 11.5 Å². The molecular formula is C36H26Br3F6NO8. The van der Waals surface area contributed by atoms with Gasteiger partial charge in [-0.3, -0.25) is 0 Å². The number of aryl methyl sites for hydroxylation is 2. The summed E-state index contributed by atoms with van der Waals surface area (Å²) < 4.78 is 95.3. The van der Waals surface area contributed by atoms with Crippen LogP contribution in [0, 0.1) is 0 Å². The van der Waals surface area contributed by atoms with Crippen molar-refractivity contribution in [3.05, 3.63) is 122 Å². The van der Waals surface area contributed by atoms with Crippen LogP contribution in [-0.2, 0) is 22.9 Å². The minimum atomic E-state index is -4.74. The number of carboxylic acid groups (broad SMARTS) is 1. The first kappa shape index (κ1) is 42.1. The van der Waals surface area contributed by atoms with Gasteiger partial charge < -0.3 is 33.9 Å². The highest BCUT2D eigenvalue weighted by Gasteiger charge is 2.32. The van der Waals surface area contributed by atoms with Crippen molar-refractivity contribution in [2.24, 2.45) is 0 Å². The maximum Gasteiger partial charge on any atom is 0.573 e. The zero-order valence-electron chi connectivity index (χ0n) is 27.5. The van der Waals surface area contributed by atoms with Crippen LogP contribution in [0.25, 0.3) is 21.9 Å². The number of aromatic carboxylic acids is 1. The summed E-state index contributed by atoms with van der Waals surface area (Å²) in [5, 5.41) is 11.3. The Morgan fingerprint density at radius 3 is 1.65 bits per heavy atom. The lowest BCUT2D eigenvalue weighted by atomic mass is 10.0. The lowest BCUT2D eigenvalue weighted by molar-refractivity contribution is -0.275. The second-order valence-electron chi connectivity index (χ2n) is 10.9. The van der Waals surface area contributed by atoms with Gasteiger partial charge in [0.1, 0.15) is 22.7 Å². The van der Waals surface area contributed by atoms with Crippen LogP contribution in [0.2, 0.25) is 0 Å². The summed E-state index contributed by atoms with van der Waals surface area (Å²) in [5.74, 6) is -2.07. The van der Waals surface area contributed by atoms with Crippen molar-refractivity contribution in [3.8, 4) is 11.5 Å². The number of halogens is 9. The Kier molecular flexibility index (Phi) is 14.1. The van der Waals surface area contributed by atoms with Crippen LogP contribution in [0.4, 0.5) is 32.0 Å². The normalized spacial score (nSPS) is 11.3. The van der Waals surface area contributed by atoms with E-state index in [-0.39, 0.29) is 32.0 Å². The van der Waals surface area contributed by atoms with Gasteiger partial charge in [-0.05, 0) is 116 Å². The number of methoxy groups -OCH3 is 1. The molecule has 0 spiro atoms. The number of nitrogens with two attached hydrogens (primary N) is 1. The van der Waals surface area contributed by atoms with E-state index in [2.05, 4.69) is 62.0 Å². The van der Waals surface area contributed by atoms with Gasteiger partial charge in [-0.2, -0.15) is 0 Å². The molecule has 0 saturated carbocycles. The fourth-order valence-corrected chi connectivity index (χ4v) is 5.95. The number of esters is 1. The molecule has 6 aromatic rings. The van der Waals surface area contributed by atoms with Crippen LogP contribution >= 0.6 is 47.8 Å². The molecule has 0 aliphatic heterocycles. The Morgan fingerprint density at radius 2 is 1.15 bits per heavy atom. The fraction of sp³-hybridized carbons (Fsp3) is 0.167. The van der Waals surface area contributed by atoms with Gasteiger partial charge in [0.05, 0.1) is 16.1 Å². The molecule has 2 heterocycles. The third kappa shape index (κ3) is 12.4. The van der Waals surface area contributed by atoms with E-state index in [0.717, 1.165) is 33.5 Å². The van der Waals surface area contributed by atoms with E-state index in [4.69, 9.17) is 19.7 Å². The highest BCUT2D eigenvalue weighted by Crippen LogP contribution is 2.33. The average Bonchev–Trinajstić information content (AvgIpc) is 3.73. The lowest BCUT2D eigenvalue weighted by Crippen LogP contribution is -2.17. The smallest absolute Gasteiger partial charge is 0.475 e. The van der Waals surface area contributed by atoms with Crippen LogP contribution in [0.1, 0.15) is 37.8 Å². The number of hydrogen-bond donors (Lipinski definition) is 2. The lowest BCUT2D eigenvalue weighted by Gasteiger charge is -2.11. The van der Waals surface area contributed by atoms with Crippen molar-refractivity contribution < 1.29 is 64.1 Å². The number of ether oxygens (including phenoxy) is 3. The van der Waals surface area contributed by atoms with E-state index in [0.29, 0.717) is 35.1 Å². The van der Waals surface area contributed by atoms with Gasteiger partial charge in [-0.15, -0.1) is 26.3 Å². The van der Waals surface area contributed by atoms with Crippen molar-refractivity contribution in [2.75, 3.05) is 12.8 Å². The zero-order chi connectivity index (χ0) is 39.8. The first-order chi connectivity index (χ1) is 25.3. The van der Waals surface area contributed by atoms with E-state index in [9.17, 15) is 35.9 Å². The number of benzene rings is 4. The summed E-state index contributed by atoms with van der Waals surface area (Å²) in [5.41, 5.74) is 9.73. The molecule has 9 nitrogen and oxygen atoms in total. The fourth-order valence-electron chi connectivity index (χ4n) is 4.62. The molecule has 0 amide bonds. The third-order valence-corrected chi connectivity index (χ3v) is 8.91. The zero-order valence-corrected chi connectivity index (χ0v) is 32.2. The maximum atomic E-state index is 12.3. The number of nitrogen functional groups attached to an aromatic ring is 1. The first-order valence-electron chi connectivity index (χ1n) is 15.1. The Bertz CT molecular complexity index is 2250. The molecule has 0 bridgehead atoms. The van der Waals surface area contributed by atoms with Crippen LogP contribution in [-0.4, -0.2) is 36.9 Å². The molecule has 0 atom stereocenters. The Labute approximate surface area is 327 Å². The van der Waals surface area contributed by atoms with Crippen molar-refractivity contribution in [1.29, 1.82) is 0 Å². The van der Waals surface area contributed by atoms with E-state index < -0.39 is 24.7 Å². The van der Waals surface area contributed by atoms with Crippen LogP contribution in [0.15, 0.2) is 103 Å². The van der Waals surface area contributed by atoms with E-state index in [1.807, 2.05) is 24.3 Å². The number of carbonyl (C=O) groups excluding carboxylic acids is 1. The van der Waals surface area contributed by atoms with Gasteiger partial charge in [0, 0.05) is 21.8 Å². The average molecular weight is 954 g/mol. The molecule has 54 heavy (non-hydrogen) atoms. The largest absolute Gasteiger partial charge is 0.573 e. The molecule has 0 unspecified atom stereocenters. The van der Waals surface area contributed by atoms with E-state index in [1.54, 1.807) is 30.3 Å². The Balaban J connectivity index is 0.000000197. The molecular weight excluding hydrogens is 928 g/mol. The summed E-state index contributed by atoms with van der Waals surface area (Å²) in [7, 11) is 1.33. The summed E-state index contributed by atoms with van der Waals surface area (Å²) in [4.78, 5) is 22.1. The number of hydrogen-bond acceptors (Lipinski definition) is 8. The highest BCUT2D eigenvalue weighted by molar-refractivity contribution is 9.11. The van der Waals surface area contributed by atoms with Crippen molar-refractivity contribution in [3.63, 3.8) is 0 Å². The predicted molar refractivity (Wildman–Crippen MR) is 197 cm³/mol. The van der Waals surface area contributed by atoms with Gasteiger partial charge in [-0.1, -0.05) is 46.3 Å². The molecule has 4 aromatic carbocycles. The molecule has 0 fully saturated rings. The highest BCUT2D eigenvalue weighted by atomic mass is 79.9. The van der Waals surface area contributed by atoms with Crippen molar-refractivity contribution >= 4 is 87.4 Å². The summed E-state index contributed by atoms with van der Waals surface area (Å²) >= 11 is 9.33. The maximum absolute atomic E-state index is 12.3. The number of carbonyl (C=O) groups is 2.